The molecule has 1 fully saturated rings. The van der Waals surface area contributed by atoms with E-state index in [2.05, 4.69) is 0 Å². The summed E-state index contributed by atoms with van der Waals surface area (Å²) in [7, 11) is 1.27. The van der Waals surface area contributed by atoms with Crippen molar-refractivity contribution in [3.8, 4) is 34.3 Å². The zero-order valence-electron chi connectivity index (χ0n) is 17.2. The van der Waals surface area contributed by atoms with E-state index < -0.39 is 54.1 Å². The van der Waals surface area contributed by atoms with Gasteiger partial charge in [-0.15, -0.1) is 0 Å². The van der Waals surface area contributed by atoms with Crippen molar-refractivity contribution in [2.75, 3.05) is 13.7 Å². The van der Waals surface area contributed by atoms with Crippen molar-refractivity contribution in [1.82, 2.24) is 0 Å². The van der Waals surface area contributed by atoms with Gasteiger partial charge in [0.15, 0.2) is 22.5 Å². The number of aromatic hydroxyl groups is 3. The lowest BCUT2D eigenvalue weighted by atomic mass is 9.89. The minimum atomic E-state index is -1.75. The molecule has 5 unspecified atom stereocenters. The van der Waals surface area contributed by atoms with Crippen LogP contribution < -0.4 is 10.2 Å². The second-order valence-corrected chi connectivity index (χ2v) is 7.64. The predicted molar refractivity (Wildman–Crippen MR) is 112 cm³/mol. The molecule has 4 rings (SSSR count). The van der Waals surface area contributed by atoms with Crippen LogP contribution in [0.15, 0.2) is 39.5 Å². The first-order valence-electron chi connectivity index (χ1n) is 9.88. The third-order valence-electron chi connectivity index (χ3n) is 5.64. The Morgan fingerprint density at radius 1 is 0.939 bits per heavy atom. The molecule has 0 amide bonds. The molecule has 5 atom stereocenters. The highest BCUT2D eigenvalue weighted by atomic mass is 16.5. The third kappa shape index (κ3) is 3.75. The molecule has 3 aromatic rings. The van der Waals surface area contributed by atoms with Crippen molar-refractivity contribution in [3.05, 3.63) is 46.1 Å². The van der Waals surface area contributed by atoms with Crippen LogP contribution in [0.25, 0.3) is 22.3 Å². The number of hydrogen-bond donors (Lipinski definition) is 7. The van der Waals surface area contributed by atoms with Crippen molar-refractivity contribution < 1.29 is 49.6 Å². The van der Waals surface area contributed by atoms with Gasteiger partial charge in [0, 0.05) is 17.7 Å². The van der Waals surface area contributed by atoms with Gasteiger partial charge in [-0.05, 0) is 18.2 Å². The molecule has 0 bridgehead atoms. The molecular weight excluding hydrogens is 440 g/mol. The van der Waals surface area contributed by atoms with Gasteiger partial charge in [0.25, 0.3) is 0 Å². The van der Waals surface area contributed by atoms with Crippen LogP contribution in [0.5, 0.6) is 23.0 Å². The molecule has 2 aromatic carbocycles. The van der Waals surface area contributed by atoms with Gasteiger partial charge >= 0.3 is 0 Å². The van der Waals surface area contributed by atoms with Crippen LogP contribution in [0.2, 0.25) is 0 Å². The Morgan fingerprint density at radius 3 is 2.30 bits per heavy atom. The number of aliphatic hydroxyl groups is 4. The maximum Gasteiger partial charge on any atom is 0.197 e. The molecule has 11 nitrogen and oxygen atoms in total. The Hall–Kier alpha value is -3.35. The lowest BCUT2D eigenvalue weighted by Gasteiger charge is -2.40. The molecule has 0 saturated carbocycles. The summed E-state index contributed by atoms with van der Waals surface area (Å²) in [4.78, 5) is 13.0. The van der Waals surface area contributed by atoms with Crippen molar-refractivity contribution in [2.24, 2.45) is 0 Å². The van der Waals surface area contributed by atoms with E-state index in [-0.39, 0.29) is 39.4 Å². The Balaban J connectivity index is 1.99. The Morgan fingerprint density at radius 2 is 1.67 bits per heavy atom. The van der Waals surface area contributed by atoms with E-state index in [0.717, 1.165) is 18.2 Å². The van der Waals surface area contributed by atoms with Crippen molar-refractivity contribution in [1.29, 1.82) is 0 Å². The topological polar surface area (TPSA) is 190 Å². The zero-order chi connectivity index (χ0) is 24.0. The van der Waals surface area contributed by atoms with E-state index in [1.165, 1.54) is 19.2 Å². The first-order valence-corrected chi connectivity index (χ1v) is 9.88. The van der Waals surface area contributed by atoms with Gasteiger partial charge in [-0.3, -0.25) is 4.79 Å². The molecule has 1 aromatic heterocycles. The molecule has 0 spiro atoms. The number of ether oxygens (including phenoxy) is 2. The Labute approximate surface area is 185 Å². The molecule has 2 heterocycles. The molecule has 1 saturated heterocycles. The maximum atomic E-state index is 13.0. The van der Waals surface area contributed by atoms with E-state index in [1.54, 1.807) is 0 Å². The quantitative estimate of drug-likeness (QED) is 0.260. The fraction of sp³-hybridized carbons (Fsp3) is 0.318. The average Bonchev–Trinajstić information content (AvgIpc) is 2.79. The molecular formula is C22H22O11. The van der Waals surface area contributed by atoms with Crippen LogP contribution in [0.4, 0.5) is 0 Å². The number of phenolic OH excluding ortho intramolecular Hbond substituents is 3. The summed E-state index contributed by atoms with van der Waals surface area (Å²) >= 11 is 0. The smallest absolute Gasteiger partial charge is 0.197 e. The second-order valence-electron chi connectivity index (χ2n) is 7.64. The SMILES string of the molecule is COc1cc(O)c(C2OC(CO)C(O)C(O)C2O)c2oc(-c3ccc(O)c(O)c3)cc(=O)c12. The summed E-state index contributed by atoms with van der Waals surface area (Å²) < 4.78 is 16.6. The Kier molecular flexibility index (Phi) is 5.91. The molecule has 1 aliphatic heterocycles. The van der Waals surface area contributed by atoms with Crippen LogP contribution in [-0.4, -0.2) is 73.9 Å². The van der Waals surface area contributed by atoms with Crippen molar-refractivity contribution in [2.45, 2.75) is 30.5 Å². The van der Waals surface area contributed by atoms with E-state index in [1.807, 2.05) is 0 Å². The summed E-state index contributed by atoms with van der Waals surface area (Å²) in [5.74, 6) is -1.44. The van der Waals surface area contributed by atoms with E-state index in [9.17, 15) is 40.5 Å². The standard InChI is InChI=1S/C22H22O11/c1-31-14-6-12(27)17(22-20(30)19(29)18(28)15(7-23)33-22)21-16(14)11(26)5-13(32-21)8-2-3-9(24)10(25)4-8/h2-6,15,18-20,22-25,27-30H,7H2,1H3. The number of hydrogen-bond acceptors (Lipinski definition) is 11. The Bertz CT molecular complexity index is 1250. The highest BCUT2D eigenvalue weighted by molar-refractivity contribution is 5.90. The van der Waals surface area contributed by atoms with E-state index in [0.29, 0.717) is 0 Å². The van der Waals surface area contributed by atoms with Gasteiger partial charge in [0.2, 0.25) is 0 Å². The molecule has 7 N–H and O–H groups in total. The largest absolute Gasteiger partial charge is 0.507 e. The first kappa shape index (κ1) is 22.8. The summed E-state index contributed by atoms with van der Waals surface area (Å²) in [6.07, 6.45) is -7.89. The molecule has 1 aliphatic rings. The molecule has 0 radical (unpaired) electrons. The first-order chi connectivity index (χ1) is 15.7. The van der Waals surface area contributed by atoms with Gasteiger partial charge in [0.1, 0.15) is 53.2 Å². The van der Waals surface area contributed by atoms with Crippen LogP contribution >= 0.6 is 0 Å². The minimum Gasteiger partial charge on any atom is -0.507 e. The minimum absolute atomic E-state index is 0.0373. The fourth-order valence-electron chi connectivity index (χ4n) is 3.90. The number of phenols is 3. The highest BCUT2D eigenvalue weighted by Crippen LogP contribution is 2.44. The van der Waals surface area contributed by atoms with Gasteiger partial charge in [0.05, 0.1) is 19.3 Å². The fourth-order valence-corrected chi connectivity index (χ4v) is 3.90. The summed E-state index contributed by atoms with van der Waals surface area (Å²) in [6.45, 7) is -0.696. The summed E-state index contributed by atoms with van der Waals surface area (Å²) in [6, 6.07) is 5.96. The van der Waals surface area contributed by atoms with Crippen molar-refractivity contribution >= 4 is 11.0 Å². The van der Waals surface area contributed by atoms with Crippen LogP contribution in [-0.2, 0) is 4.74 Å². The maximum absolute atomic E-state index is 13.0. The number of fused-ring (bicyclic) bond motifs is 1. The summed E-state index contributed by atoms with van der Waals surface area (Å²) in [5, 5.41) is 70.3. The van der Waals surface area contributed by atoms with Crippen LogP contribution in [0.1, 0.15) is 11.7 Å². The number of methoxy groups -OCH3 is 1. The van der Waals surface area contributed by atoms with E-state index >= 15 is 0 Å². The van der Waals surface area contributed by atoms with Crippen molar-refractivity contribution in [3.63, 3.8) is 0 Å². The number of aliphatic hydroxyl groups excluding tert-OH is 4. The van der Waals surface area contributed by atoms with Gasteiger partial charge in [-0.1, -0.05) is 0 Å². The predicted octanol–water partition coefficient (Wildman–Crippen LogP) is 0.100. The lowest BCUT2D eigenvalue weighted by molar-refractivity contribution is -0.231. The number of benzene rings is 2. The molecule has 11 heteroatoms. The second kappa shape index (κ2) is 8.54. The monoisotopic (exact) mass is 462 g/mol. The van der Waals surface area contributed by atoms with Gasteiger partial charge in [-0.2, -0.15) is 0 Å². The van der Waals surface area contributed by atoms with E-state index in [4.69, 9.17) is 13.9 Å². The van der Waals surface area contributed by atoms with Gasteiger partial charge in [-0.25, -0.2) is 0 Å². The van der Waals surface area contributed by atoms with Gasteiger partial charge < -0.3 is 49.6 Å². The highest BCUT2D eigenvalue weighted by Gasteiger charge is 2.46. The lowest BCUT2D eigenvalue weighted by Crippen LogP contribution is -2.55. The van der Waals surface area contributed by atoms with Crippen LogP contribution in [0, 0.1) is 0 Å². The zero-order valence-corrected chi connectivity index (χ0v) is 17.2. The normalized spacial score (nSPS) is 25.3. The average molecular weight is 462 g/mol. The molecule has 33 heavy (non-hydrogen) atoms. The molecule has 176 valence electrons. The van der Waals surface area contributed by atoms with Crippen LogP contribution in [0.3, 0.4) is 0 Å². The third-order valence-corrected chi connectivity index (χ3v) is 5.64. The summed E-state index contributed by atoms with van der Waals surface area (Å²) in [5.41, 5.74) is -0.844. The molecule has 0 aliphatic carbocycles. The number of rotatable bonds is 4.